The summed E-state index contributed by atoms with van der Waals surface area (Å²) in [5.74, 6) is 0.213. The monoisotopic (exact) mass is 369 g/mol. The molecule has 1 aliphatic rings. The number of nitrogens with zero attached hydrogens (tertiary/aromatic N) is 2. The number of carbonyl (C=O) groups is 1. The minimum atomic E-state index is -3.67. The van der Waals surface area contributed by atoms with E-state index in [4.69, 9.17) is 4.74 Å². The number of nitrogens with one attached hydrogen (secondary N) is 1. The lowest BCUT2D eigenvalue weighted by Gasteiger charge is -2.27. The third-order valence-electron chi connectivity index (χ3n) is 4.21. The van der Waals surface area contributed by atoms with Crippen LogP contribution in [0.5, 0.6) is 5.75 Å². The first-order valence-electron chi connectivity index (χ1n) is 8.47. The Balaban J connectivity index is 2.25. The maximum atomic E-state index is 12.8. The molecule has 140 valence electrons. The van der Waals surface area contributed by atoms with Crippen LogP contribution in [0, 0.1) is 0 Å². The number of rotatable bonds is 7. The molecule has 0 saturated carbocycles. The molecule has 0 unspecified atom stereocenters. The average Bonchev–Trinajstić information content (AvgIpc) is 2.60. The van der Waals surface area contributed by atoms with E-state index >= 15 is 0 Å². The van der Waals surface area contributed by atoms with Gasteiger partial charge >= 0.3 is 0 Å². The van der Waals surface area contributed by atoms with Gasteiger partial charge in [-0.1, -0.05) is 0 Å². The predicted molar refractivity (Wildman–Crippen MR) is 96.5 cm³/mol. The van der Waals surface area contributed by atoms with Crippen molar-refractivity contribution in [2.45, 2.75) is 24.2 Å². The number of amides is 1. The van der Waals surface area contributed by atoms with E-state index in [9.17, 15) is 13.2 Å². The molecule has 1 aliphatic heterocycles. The molecule has 1 aromatic carbocycles. The minimum absolute atomic E-state index is 0.0763. The third-order valence-corrected chi connectivity index (χ3v) is 5.66. The fraction of sp³-hybridized carbons (Fsp3) is 0.588. The van der Waals surface area contributed by atoms with Crippen LogP contribution in [0.15, 0.2) is 23.1 Å². The van der Waals surface area contributed by atoms with Crippen molar-refractivity contribution in [3.63, 3.8) is 0 Å². The van der Waals surface area contributed by atoms with Crippen LogP contribution < -0.4 is 9.46 Å². The van der Waals surface area contributed by atoms with Crippen LogP contribution in [0.3, 0.4) is 0 Å². The number of sulfonamides is 1. The van der Waals surface area contributed by atoms with Crippen LogP contribution in [0.4, 0.5) is 0 Å². The van der Waals surface area contributed by atoms with Gasteiger partial charge in [-0.15, -0.1) is 0 Å². The zero-order valence-electron chi connectivity index (χ0n) is 15.1. The van der Waals surface area contributed by atoms with Gasteiger partial charge < -0.3 is 14.5 Å². The molecule has 2 rings (SSSR count). The number of ether oxygens (including phenoxy) is 1. The van der Waals surface area contributed by atoms with Crippen LogP contribution in [0.25, 0.3) is 0 Å². The predicted octanol–water partition coefficient (Wildman–Crippen LogP) is 1.16. The Morgan fingerprint density at radius 1 is 1.24 bits per heavy atom. The molecule has 0 radical (unpaired) electrons. The van der Waals surface area contributed by atoms with Gasteiger partial charge in [0.1, 0.15) is 5.75 Å². The molecule has 1 aromatic rings. The highest BCUT2D eigenvalue weighted by molar-refractivity contribution is 7.89. The average molecular weight is 369 g/mol. The highest BCUT2D eigenvalue weighted by atomic mass is 32.2. The molecule has 0 atom stereocenters. The number of methoxy groups -OCH3 is 1. The van der Waals surface area contributed by atoms with Crippen molar-refractivity contribution in [2.75, 3.05) is 47.4 Å². The van der Waals surface area contributed by atoms with Crippen molar-refractivity contribution >= 4 is 15.9 Å². The summed E-state index contributed by atoms with van der Waals surface area (Å²) in [4.78, 5) is 16.5. The molecule has 1 fully saturated rings. The second-order valence-electron chi connectivity index (χ2n) is 6.42. The van der Waals surface area contributed by atoms with Crippen LogP contribution in [0.1, 0.15) is 29.6 Å². The lowest BCUT2D eigenvalue weighted by atomic mass is 10.1. The Morgan fingerprint density at radius 3 is 2.52 bits per heavy atom. The summed E-state index contributed by atoms with van der Waals surface area (Å²) in [5, 5.41) is 0. The zero-order valence-corrected chi connectivity index (χ0v) is 15.9. The highest BCUT2D eigenvalue weighted by Crippen LogP contribution is 2.25. The molecule has 1 amide bonds. The topological polar surface area (TPSA) is 79.0 Å². The van der Waals surface area contributed by atoms with Crippen LogP contribution >= 0.6 is 0 Å². The Hall–Kier alpha value is -1.64. The first-order valence-corrected chi connectivity index (χ1v) is 9.95. The van der Waals surface area contributed by atoms with Gasteiger partial charge in [-0.3, -0.25) is 4.79 Å². The van der Waals surface area contributed by atoms with E-state index in [1.165, 1.54) is 25.3 Å². The van der Waals surface area contributed by atoms with Crippen molar-refractivity contribution in [1.82, 2.24) is 14.5 Å². The van der Waals surface area contributed by atoms with E-state index < -0.39 is 10.0 Å². The van der Waals surface area contributed by atoms with Crippen molar-refractivity contribution in [3.05, 3.63) is 23.8 Å². The second-order valence-corrected chi connectivity index (χ2v) is 8.18. The van der Waals surface area contributed by atoms with Crippen LogP contribution in [-0.2, 0) is 10.0 Å². The van der Waals surface area contributed by atoms with Gasteiger partial charge in [-0.2, -0.15) is 0 Å². The second kappa shape index (κ2) is 8.64. The SMILES string of the molecule is COc1ccc(S(=O)(=O)NCCN(C)C)cc1C(=O)N1CCCCC1. The summed E-state index contributed by atoms with van der Waals surface area (Å²) in [6.07, 6.45) is 3.06. The molecule has 0 bridgehead atoms. The van der Waals surface area contributed by atoms with Crippen LogP contribution in [-0.4, -0.2) is 71.5 Å². The summed E-state index contributed by atoms with van der Waals surface area (Å²) in [6, 6.07) is 4.41. The first kappa shape index (κ1) is 19.7. The Kier molecular flexibility index (Phi) is 6.80. The van der Waals surface area contributed by atoms with Gasteiger partial charge in [0.05, 0.1) is 17.6 Å². The lowest BCUT2D eigenvalue weighted by Crippen LogP contribution is -2.36. The molecule has 8 heteroatoms. The van der Waals surface area contributed by atoms with E-state index in [0.29, 0.717) is 37.5 Å². The molecule has 0 spiro atoms. The largest absolute Gasteiger partial charge is 0.496 e. The summed E-state index contributed by atoms with van der Waals surface area (Å²) in [7, 11) is 1.55. The molecule has 1 N–H and O–H groups in total. The maximum Gasteiger partial charge on any atom is 0.257 e. The van der Waals surface area contributed by atoms with Gasteiger partial charge in [0.2, 0.25) is 10.0 Å². The Labute approximate surface area is 150 Å². The fourth-order valence-electron chi connectivity index (χ4n) is 2.78. The quantitative estimate of drug-likeness (QED) is 0.780. The van der Waals surface area contributed by atoms with E-state index in [1.807, 2.05) is 19.0 Å². The van der Waals surface area contributed by atoms with Gasteiger partial charge in [0, 0.05) is 26.2 Å². The fourth-order valence-corrected chi connectivity index (χ4v) is 3.82. The Bertz CT molecular complexity index is 698. The van der Waals surface area contributed by atoms with Crippen LogP contribution in [0.2, 0.25) is 0 Å². The zero-order chi connectivity index (χ0) is 18.4. The van der Waals surface area contributed by atoms with Gasteiger partial charge in [-0.05, 0) is 51.6 Å². The Morgan fingerprint density at radius 2 is 1.92 bits per heavy atom. The molecule has 1 saturated heterocycles. The summed E-state index contributed by atoms with van der Waals surface area (Å²) >= 11 is 0. The molecule has 0 aromatic heterocycles. The normalized spacial score (nSPS) is 15.4. The number of likely N-dealkylation sites (tertiary alicyclic amines) is 1. The number of hydrogen-bond donors (Lipinski definition) is 1. The maximum absolute atomic E-state index is 12.8. The number of benzene rings is 1. The van der Waals surface area contributed by atoms with E-state index in [2.05, 4.69) is 4.72 Å². The smallest absolute Gasteiger partial charge is 0.257 e. The molecular weight excluding hydrogens is 342 g/mol. The summed E-state index contributed by atoms with van der Waals surface area (Å²) in [6.45, 7) is 2.28. The van der Waals surface area contributed by atoms with Crippen molar-refractivity contribution in [1.29, 1.82) is 0 Å². The summed E-state index contributed by atoms with van der Waals surface area (Å²) < 4.78 is 32.8. The van der Waals surface area contributed by atoms with Crippen molar-refractivity contribution in [3.8, 4) is 5.75 Å². The van der Waals surface area contributed by atoms with Gasteiger partial charge in [-0.25, -0.2) is 13.1 Å². The summed E-state index contributed by atoms with van der Waals surface area (Å²) in [5.41, 5.74) is 0.292. The van der Waals surface area contributed by atoms with Gasteiger partial charge in [0.15, 0.2) is 0 Å². The molecule has 7 nitrogen and oxygen atoms in total. The molecule has 25 heavy (non-hydrogen) atoms. The minimum Gasteiger partial charge on any atom is -0.496 e. The van der Waals surface area contributed by atoms with Crippen molar-refractivity contribution in [2.24, 2.45) is 0 Å². The number of piperidine rings is 1. The van der Waals surface area contributed by atoms with E-state index in [-0.39, 0.29) is 10.8 Å². The number of carbonyl (C=O) groups excluding carboxylic acids is 1. The number of likely N-dealkylation sites (N-methyl/N-ethyl adjacent to an activating group) is 1. The lowest BCUT2D eigenvalue weighted by molar-refractivity contribution is 0.0720. The standard InChI is InChI=1S/C17H27N3O4S/c1-19(2)12-9-18-25(22,23)14-7-8-16(24-3)15(13-14)17(21)20-10-5-4-6-11-20/h7-8,13,18H,4-6,9-12H2,1-3H3. The van der Waals surface area contributed by atoms with E-state index in [1.54, 1.807) is 4.90 Å². The van der Waals surface area contributed by atoms with E-state index in [0.717, 1.165) is 19.3 Å². The molecular formula is C17H27N3O4S. The third kappa shape index (κ3) is 5.17. The first-order chi connectivity index (χ1) is 11.8. The number of hydrogen-bond acceptors (Lipinski definition) is 5. The molecule has 0 aliphatic carbocycles. The van der Waals surface area contributed by atoms with Crippen molar-refractivity contribution < 1.29 is 17.9 Å². The van der Waals surface area contributed by atoms with Gasteiger partial charge in [0.25, 0.3) is 5.91 Å². The highest BCUT2D eigenvalue weighted by Gasteiger charge is 2.24. The molecule has 1 heterocycles.